The van der Waals surface area contributed by atoms with E-state index in [9.17, 15) is 13.2 Å². The summed E-state index contributed by atoms with van der Waals surface area (Å²) in [6.07, 6.45) is 2.75. The van der Waals surface area contributed by atoms with Gasteiger partial charge in [-0.05, 0) is 63.1 Å². The number of nitrogens with one attached hydrogen (secondary N) is 1. The van der Waals surface area contributed by atoms with Crippen LogP contribution in [0.15, 0.2) is 47.4 Å². The highest BCUT2D eigenvalue weighted by Crippen LogP contribution is 2.31. The lowest BCUT2D eigenvalue weighted by molar-refractivity contribution is 0.102. The minimum absolute atomic E-state index is 0.173. The Morgan fingerprint density at radius 2 is 1.81 bits per heavy atom. The Morgan fingerprint density at radius 3 is 2.45 bits per heavy atom. The fraction of sp³-hybridized carbons (Fsp3) is 0.391. The molecule has 8 heteroatoms. The van der Waals surface area contributed by atoms with Gasteiger partial charge in [-0.2, -0.15) is 9.57 Å². The monoisotopic (exact) mass is 440 g/mol. The molecule has 1 saturated heterocycles. The smallest absolute Gasteiger partial charge is 0.255 e. The van der Waals surface area contributed by atoms with E-state index in [0.29, 0.717) is 43.0 Å². The highest BCUT2D eigenvalue weighted by molar-refractivity contribution is 7.89. The molecule has 0 radical (unpaired) electrons. The van der Waals surface area contributed by atoms with E-state index < -0.39 is 15.9 Å². The summed E-state index contributed by atoms with van der Waals surface area (Å²) >= 11 is 0. The summed E-state index contributed by atoms with van der Waals surface area (Å²) in [5.74, 6) is -0.391. The highest BCUT2D eigenvalue weighted by atomic mass is 32.2. The standard InChI is InChI=1S/C23H28N4O3S/c1-3-26(4-2)22-12-11-20(31(29,30)27-13-6-5-7-14-27)16-21(22)25-23(28)19-10-8-9-18(15-19)17-24/h8-12,15-16H,3-7,13-14H2,1-2H3,(H,25,28). The molecule has 0 saturated carbocycles. The topological polar surface area (TPSA) is 93.5 Å². The lowest BCUT2D eigenvalue weighted by atomic mass is 10.1. The summed E-state index contributed by atoms with van der Waals surface area (Å²) < 4.78 is 27.8. The molecule has 1 N–H and O–H groups in total. The number of nitrogens with zero attached hydrogens (tertiary/aromatic N) is 3. The van der Waals surface area contributed by atoms with Gasteiger partial charge < -0.3 is 10.2 Å². The second kappa shape index (κ2) is 9.94. The first-order valence-corrected chi connectivity index (χ1v) is 12.0. The van der Waals surface area contributed by atoms with Crippen LogP contribution in [0, 0.1) is 11.3 Å². The summed E-state index contributed by atoms with van der Waals surface area (Å²) in [6.45, 7) is 6.46. The molecule has 2 aromatic rings. The van der Waals surface area contributed by atoms with Gasteiger partial charge in [0.1, 0.15) is 0 Å². The lowest BCUT2D eigenvalue weighted by Gasteiger charge is -2.28. The second-order valence-electron chi connectivity index (χ2n) is 7.46. The first-order valence-electron chi connectivity index (χ1n) is 10.6. The van der Waals surface area contributed by atoms with E-state index in [1.54, 1.807) is 36.4 Å². The molecule has 0 atom stereocenters. The zero-order chi connectivity index (χ0) is 22.4. The second-order valence-corrected chi connectivity index (χ2v) is 9.40. The quantitative estimate of drug-likeness (QED) is 0.706. The minimum Gasteiger partial charge on any atom is -0.370 e. The molecule has 31 heavy (non-hydrogen) atoms. The van der Waals surface area contributed by atoms with Gasteiger partial charge in [-0.25, -0.2) is 8.42 Å². The molecule has 1 aliphatic heterocycles. The lowest BCUT2D eigenvalue weighted by Crippen LogP contribution is -2.35. The zero-order valence-corrected chi connectivity index (χ0v) is 18.8. The van der Waals surface area contributed by atoms with E-state index in [1.165, 1.54) is 10.4 Å². The molecular weight excluding hydrogens is 412 g/mol. The number of rotatable bonds is 7. The van der Waals surface area contributed by atoms with Crippen molar-refractivity contribution in [3.63, 3.8) is 0 Å². The molecule has 1 heterocycles. The first-order chi connectivity index (χ1) is 14.9. The SMILES string of the molecule is CCN(CC)c1ccc(S(=O)(=O)N2CCCCC2)cc1NC(=O)c1cccc(C#N)c1. The third-order valence-electron chi connectivity index (χ3n) is 5.53. The third kappa shape index (κ3) is 5.06. The minimum atomic E-state index is -3.63. The molecule has 1 aliphatic rings. The van der Waals surface area contributed by atoms with Gasteiger partial charge in [0.2, 0.25) is 10.0 Å². The van der Waals surface area contributed by atoms with Gasteiger partial charge in [-0.1, -0.05) is 12.5 Å². The predicted octanol–water partition coefficient (Wildman–Crippen LogP) is 3.83. The predicted molar refractivity (Wildman–Crippen MR) is 122 cm³/mol. The molecule has 1 fully saturated rings. The van der Waals surface area contributed by atoms with Crippen molar-refractivity contribution >= 4 is 27.3 Å². The zero-order valence-electron chi connectivity index (χ0n) is 18.0. The third-order valence-corrected chi connectivity index (χ3v) is 7.42. The van der Waals surface area contributed by atoms with Gasteiger partial charge in [0.25, 0.3) is 5.91 Å². The average Bonchev–Trinajstić information content (AvgIpc) is 2.81. The van der Waals surface area contributed by atoms with Crippen molar-refractivity contribution in [2.45, 2.75) is 38.0 Å². The Morgan fingerprint density at radius 1 is 1.10 bits per heavy atom. The van der Waals surface area contributed by atoms with E-state index in [1.807, 2.05) is 19.9 Å². The Labute approximate surface area is 184 Å². The van der Waals surface area contributed by atoms with Crippen molar-refractivity contribution in [3.8, 4) is 6.07 Å². The number of sulfonamides is 1. The van der Waals surface area contributed by atoms with Crippen LogP contribution in [0.5, 0.6) is 0 Å². The molecule has 1 amide bonds. The number of anilines is 2. The van der Waals surface area contributed by atoms with E-state index >= 15 is 0 Å². The largest absolute Gasteiger partial charge is 0.370 e. The number of benzene rings is 2. The van der Waals surface area contributed by atoms with Crippen molar-refractivity contribution in [1.29, 1.82) is 5.26 Å². The fourth-order valence-corrected chi connectivity index (χ4v) is 5.34. The highest BCUT2D eigenvalue weighted by Gasteiger charge is 2.27. The van der Waals surface area contributed by atoms with Crippen molar-refractivity contribution in [1.82, 2.24) is 4.31 Å². The Balaban J connectivity index is 1.99. The molecular formula is C23H28N4O3S. The van der Waals surface area contributed by atoms with Crippen molar-refractivity contribution < 1.29 is 13.2 Å². The van der Waals surface area contributed by atoms with Crippen LogP contribution in [0.2, 0.25) is 0 Å². The van der Waals surface area contributed by atoms with Crippen LogP contribution < -0.4 is 10.2 Å². The van der Waals surface area contributed by atoms with Crippen LogP contribution in [0.4, 0.5) is 11.4 Å². The number of hydrogen-bond donors (Lipinski definition) is 1. The summed E-state index contributed by atoms with van der Waals surface area (Å²) in [5, 5.41) is 12.0. The molecule has 3 rings (SSSR count). The number of carbonyl (C=O) groups excluding carboxylic acids is 1. The number of piperidine rings is 1. The molecule has 0 aliphatic carbocycles. The van der Waals surface area contributed by atoms with Crippen LogP contribution in [0.25, 0.3) is 0 Å². The molecule has 7 nitrogen and oxygen atoms in total. The molecule has 164 valence electrons. The van der Waals surface area contributed by atoms with Gasteiger partial charge in [-0.15, -0.1) is 0 Å². The Kier molecular flexibility index (Phi) is 7.31. The van der Waals surface area contributed by atoms with E-state index in [4.69, 9.17) is 5.26 Å². The number of nitriles is 1. The number of carbonyl (C=O) groups is 1. The molecule has 0 bridgehead atoms. The maximum absolute atomic E-state index is 13.2. The Hall–Kier alpha value is -2.89. The van der Waals surface area contributed by atoms with Crippen LogP contribution in [0.1, 0.15) is 49.0 Å². The van der Waals surface area contributed by atoms with Gasteiger partial charge >= 0.3 is 0 Å². The van der Waals surface area contributed by atoms with Gasteiger partial charge in [0.15, 0.2) is 0 Å². The van der Waals surface area contributed by atoms with Crippen LogP contribution in [-0.2, 0) is 10.0 Å². The van der Waals surface area contributed by atoms with Crippen LogP contribution >= 0.6 is 0 Å². The summed E-state index contributed by atoms with van der Waals surface area (Å²) in [4.78, 5) is 15.1. The van der Waals surface area contributed by atoms with Crippen molar-refractivity contribution in [2.75, 3.05) is 36.4 Å². The van der Waals surface area contributed by atoms with Crippen LogP contribution in [-0.4, -0.2) is 44.8 Å². The molecule has 0 spiro atoms. The fourth-order valence-electron chi connectivity index (χ4n) is 3.79. The molecule has 2 aromatic carbocycles. The van der Waals surface area contributed by atoms with Gasteiger partial charge in [0.05, 0.1) is 27.9 Å². The van der Waals surface area contributed by atoms with Crippen molar-refractivity contribution in [2.24, 2.45) is 0 Å². The average molecular weight is 441 g/mol. The summed E-state index contributed by atoms with van der Waals surface area (Å²) in [6, 6.07) is 13.4. The first kappa shape index (κ1) is 22.8. The number of amides is 1. The summed E-state index contributed by atoms with van der Waals surface area (Å²) in [7, 11) is -3.63. The van der Waals surface area contributed by atoms with Crippen LogP contribution in [0.3, 0.4) is 0 Å². The molecule has 0 aromatic heterocycles. The Bertz CT molecular complexity index is 1080. The molecule has 0 unspecified atom stereocenters. The van der Waals surface area contributed by atoms with Gasteiger partial charge in [0, 0.05) is 31.7 Å². The van der Waals surface area contributed by atoms with E-state index in [-0.39, 0.29) is 4.90 Å². The summed E-state index contributed by atoms with van der Waals surface area (Å²) in [5.41, 5.74) is 1.92. The normalized spacial score (nSPS) is 14.6. The van der Waals surface area contributed by atoms with E-state index in [2.05, 4.69) is 10.2 Å². The van der Waals surface area contributed by atoms with Gasteiger partial charge in [-0.3, -0.25) is 4.79 Å². The van der Waals surface area contributed by atoms with Crippen molar-refractivity contribution in [3.05, 3.63) is 53.6 Å². The maximum atomic E-state index is 13.2. The maximum Gasteiger partial charge on any atom is 0.255 e. The number of hydrogen-bond acceptors (Lipinski definition) is 5. The van der Waals surface area contributed by atoms with E-state index in [0.717, 1.165) is 24.9 Å².